The van der Waals surface area contributed by atoms with Crippen molar-refractivity contribution in [3.63, 3.8) is 0 Å². The van der Waals surface area contributed by atoms with Crippen LogP contribution in [-0.2, 0) is 9.59 Å². The summed E-state index contributed by atoms with van der Waals surface area (Å²) in [6.07, 6.45) is 0.527. The molecule has 9 heteroatoms. The number of benzene rings is 3. The van der Waals surface area contributed by atoms with Gasteiger partial charge in [0.25, 0.3) is 5.91 Å². The van der Waals surface area contributed by atoms with Gasteiger partial charge in [0.15, 0.2) is 5.17 Å². The number of aryl methyl sites for hydroxylation is 1. The Kier molecular flexibility index (Phi) is 7.05. The van der Waals surface area contributed by atoms with Crippen LogP contribution in [0.25, 0.3) is 0 Å². The number of para-hydroxylation sites is 2. The standard InChI is InChI=1S/C28H25FN4O3S/c1-17-7-9-18(10-8-17)22-15-23(19-11-13-20(29)14-12-19)33(32-22)28-31-27(35)25(37-28)16-26(34)30-21-5-3-4-6-24(21)36-2/h3-14,23,25H,15-16H2,1-2H3,(H,30,34)/t23-,25+/m0/s1. The summed E-state index contributed by atoms with van der Waals surface area (Å²) < 4.78 is 18.9. The zero-order valence-corrected chi connectivity index (χ0v) is 21.2. The number of hydrazone groups is 1. The number of anilines is 1. The van der Waals surface area contributed by atoms with Crippen molar-refractivity contribution in [2.75, 3.05) is 12.4 Å². The summed E-state index contributed by atoms with van der Waals surface area (Å²) in [5.41, 5.74) is 4.37. The number of methoxy groups -OCH3 is 1. The first kappa shape index (κ1) is 24.7. The van der Waals surface area contributed by atoms with Crippen LogP contribution in [0.15, 0.2) is 82.9 Å². The maximum absolute atomic E-state index is 13.6. The van der Waals surface area contributed by atoms with Gasteiger partial charge in [-0.25, -0.2) is 9.40 Å². The van der Waals surface area contributed by atoms with Crippen LogP contribution in [0.4, 0.5) is 10.1 Å². The summed E-state index contributed by atoms with van der Waals surface area (Å²) >= 11 is 1.22. The number of hydrogen-bond donors (Lipinski definition) is 1. The highest BCUT2D eigenvalue weighted by Crippen LogP contribution is 2.38. The minimum atomic E-state index is -0.669. The first-order chi connectivity index (χ1) is 17.9. The predicted octanol–water partition coefficient (Wildman–Crippen LogP) is 5.32. The van der Waals surface area contributed by atoms with Gasteiger partial charge in [-0.05, 0) is 42.3 Å². The van der Waals surface area contributed by atoms with E-state index < -0.39 is 5.25 Å². The Morgan fingerprint density at radius 2 is 1.84 bits per heavy atom. The Labute approximate surface area is 218 Å². The number of carbonyl (C=O) groups is 2. The average molecular weight is 517 g/mol. The lowest BCUT2D eigenvalue weighted by atomic mass is 9.98. The number of nitrogens with zero attached hydrogens (tertiary/aromatic N) is 3. The van der Waals surface area contributed by atoms with Gasteiger partial charge < -0.3 is 10.1 Å². The van der Waals surface area contributed by atoms with Crippen LogP contribution in [0.3, 0.4) is 0 Å². The molecule has 5 rings (SSSR count). The second kappa shape index (κ2) is 10.6. The summed E-state index contributed by atoms with van der Waals surface area (Å²) in [7, 11) is 1.53. The number of carbonyl (C=O) groups excluding carboxylic acids is 2. The highest BCUT2D eigenvalue weighted by Gasteiger charge is 2.39. The first-order valence-electron chi connectivity index (χ1n) is 11.8. The normalized spacial score (nSPS) is 19.0. The molecule has 2 heterocycles. The monoisotopic (exact) mass is 516 g/mol. The smallest absolute Gasteiger partial charge is 0.262 e. The second-order valence-electron chi connectivity index (χ2n) is 8.82. The molecule has 3 aromatic carbocycles. The van der Waals surface area contributed by atoms with Crippen molar-refractivity contribution in [1.82, 2.24) is 5.01 Å². The van der Waals surface area contributed by atoms with E-state index in [0.29, 0.717) is 23.0 Å². The van der Waals surface area contributed by atoms with E-state index >= 15 is 0 Å². The van der Waals surface area contributed by atoms with Crippen molar-refractivity contribution in [2.24, 2.45) is 10.1 Å². The van der Waals surface area contributed by atoms with Gasteiger partial charge in [0, 0.05) is 12.8 Å². The van der Waals surface area contributed by atoms with Crippen molar-refractivity contribution in [1.29, 1.82) is 0 Å². The average Bonchev–Trinajstić information content (AvgIpc) is 3.49. The van der Waals surface area contributed by atoms with Crippen molar-refractivity contribution in [2.45, 2.75) is 31.1 Å². The van der Waals surface area contributed by atoms with E-state index in [-0.39, 0.29) is 30.1 Å². The largest absolute Gasteiger partial charge is 0.495 e. The topological polar surface area (TPSA) is 83.4 Å². The van der Waals surface area contributed by atoms with E-state index in [0.717, 1.165) is 22.4 Å². The first-order valence-corrected chi connectivity index (χ1v) is 12.7. The van der Waals surface area contributed by atoms with Crippen LogP contribution >= 0.6 is 11.8 Å². The van der Waals surface area contributed by atoms with Gasteiger partial charge >= 0.3 is 0 Å². The van der Waals surface area contributed by atoms with E-state index in [4.69, 9.17) is 9.84 Å². The van der Waals surface area contributed by atoms with Gasteiger partial charge in [0.05, 0.1) is 24.6 Å². The van der Waals surface area contributed by atoms with Crippen LogP contribution in [0.2, 0.25) is 0 Å². The quantitative estimate of drug-likeness (QED) is 0.480. The SMILES string of the molecule is COc1ccccc1NC(=O)C[C@H]1SC(N2N=C(c3ccc(C)cc3)C[C@H]2c2ccc(F)cc2)=NC1=O. The Morgan fingerprint density at radius 1 is 1.11 bits per heavy atom. The lowest BCUT2D eigenvalue weighted by Crippen LogP contribution is -2.25. The van der Waals surface area contributed by atoms with Gasteiger partial charge in [-0.2, -0.15) is 10.1 Å². The Balaban J connectivity index is 1.35. The fourth-order valence-electron chi connectivity index (χ4n) is 4.27. The van der Waals surface area contributed by atoms with Crippen LogP contribution in [0, 0.1) is 12.7 Å². The molecule has 1 N–H and O–H groups in total. The molecule has 7 nitrogen and oxygen atoms in total. The maximum Gasteiger partial charge on any atom is 0.262 e. The number of ether oxygens (including phenoxy) is 1. The maximum atomic E-state index is 13.6. The lowest BCUT2D eigenvalue weighted by Gasteiger charge is -2.23. The zero-order valence-electron chi connectivity index (χ0n) is 20.3. The Morgan fingerprint density at radius 3 is 2.57 bits per heavy atom. The predicted molar refractivity (Wildman–Crippen MR) is 143 cm³/mol. The van der Waals surface area contributed by atoms with Crippen molar-refractivity contribution < 1.29 is 18.7 Å². The molecule has 0 aromatic heterocycles. The molecule has 2 aliphatic heterocycles. The van der Waals surface area contributed by atoms with E-state index in [1.165, 1.54) is 31.0 Å². The van der Waals surface area contributed by atoms with E-state index in [1.807, 2.05) is 37.3 Å². The molecule has 3 aromatic rings. The summed E-state index contributed by atoms with van der Waals surface area (Å²) in [5.74, 6) is -0.480. The summed E-state index contributed by atoms with van der Waals surface area (Å²) in [6, 6.07) is 21.2. The van der Waals surface area contributed by atoms with E-state index in [1.54, 1.807) is 35.3 Å². The number of aliphatic imine (C=N–C) groups is 1. The summed E-state index contributed by atoms with van der Waals surface area (Å²) in [5, 5.41) is 9.12. The number of halogens is 1. The molecular weight excluding hydrogens is 491 g/mol. The fourth-order valence-corrected chi connectivity index (χ4v) is 5.34. The molecule has 37 heavy (non-hydrogen) atoms. The summed E-state index contributed by atoms with van der Waals surface area (Å²) in [4.78, 5) is 29.8. The van der Waals surface area contributed by atoms with Crippen LogP contribution < -0.4 is 10.1 Å². The molecule has 0 radical (unpaired) electrons. The molecule has 0 bridgehead atoms. The van der Waals surface area contributed by atoms with Crippen LogP contribution in [0.1, 0.15) is 35.6 Å². The van der Waals surface area contributed by atoms with Crippen molar-refractivity contribution >= 4 is 40.1 Å². The molecule has 188 valence electrons. The number of hydrogen-bond acceptors (Lipinski definition) is 6. The Bertz CT molecular complexity index is 1390. The summed E-state index contributed by atoms with van der Waals surface area (Å²) in [6.45, 7) is 2.02. The molecule has 0 aliphatic carbocycles. The Hall–Kier alpha value is -3.98. The van der Waals surface area contributed by atoms with Crippen LogP contribution in [0.5, 0.6) is 5.75 Å². The third-order valence-electron chi connectivity index (χ3n) is 6.23. The van der Waals surface area contributed by atoms with Gasteiger partial charge in [0.2, 0.25) is 5.91 Å². The molecule has 0 unspecified atom stereocenters. The van der Waals surface area contributed by atoms with Crippen molar-refractivity contribution in [3.05, 3.63) is 95.3 Å². The molecule has 2 aliphatic rings. The number of thioether (sulfide) groups is 1. The molecule has 0 saturated heterocycles. The van der Waals surface area contributed by atoms with Gasteiger partial charge in [-0.1, -0.05) is 65.9 Å². The minimum absolute atomic E-state index is 0.0435. The highest BCUT2D eigenvalue weighted by atomic mass is 32.2. The minimum Gasteiger partial charge on any atom is -0.495 e. The highest BCUT2D eigenvalue weighted by molar-refractivity contribution is 8.15. The molecule has 2 atom stereocenters. The number of amidine groups is 1. The molecule has 2 amide bonds. The van der Waals surface area contributed by atoms with E-state index in [9.17, 15) is 14.0 Å². The lowest BCUT2D eigenvalue weighted by molar-refractivity contribution is -0.121. The second-order valence-corrected chi connectivity index (χ2v) is 9.99. The third-order valence-corrected chi connectivity index (χ3v) is 7.37. The van der Waals surface area contributed by atoms with Gasteiger partial charge in [-0.3, -0.25) is 9.59 Å². The van der Waals surface area contributed by atoms with E-state index in [2.05, 4.69) is 10.3 Å². The molecule has 0 spiro atoms. The number of nitrogens with one attached hydrogen (secondary N) is 1. The zero-order chi connectivity index (χ0) is 25.9. The third kappa shape index (κ3) is 5.41. The number of rotatable bonds is 6. The number of amides is 2. The van der Waals surface area contributed by atoms with Crippen molar-refractivity contribution in [3.8, 4) is 5.75 Å². The fraction of sp³-hybridized carbons (Fsp3) is 0.214. The molecule has 0 saturated carbocycles. The van der Waals surface area contributed by atoms with Gasteiger partial charge in [0.1, 0.15) is 16.8 Å². The molecule has 0 fully saturated rings. The van der Waals surface area contributed by atoms with Gasteiger partial charge in [-0.15, -0.1) is 0 Å². The van der Waals surface area contributed by atoms with Crippen LogP contribution in [-0.4, -0.2) is 40.1 Å². The molecular formula is C28H25FN4O3S.